The van der Waals surface area contributed by atoms with Crippen LogP contribution in [0.1, 0.15) is 32.0 Å². The highest BCUT2D eigenvalue weighted by atomic mass is 16.2. The Labute approximate surface area is 114 Å². The molecule has 1 fully saturated rings. The summed E-state index contributed by atoms with van der Waals surface area (Å²) in [5.41, 5.74) is 6.08. The van der Waals surface area contributed by atoms with Crippen molar-refractivity contribution in [3.63, 3.8) is 0 Å². The number of carbonyl (C=O) groups is 1. The number of hydrogen-bond donors (Lipinski definition) is 1. The summed E-state index contributed by atoms with van der Waals surface area (Å²) in [5, 5.41) is 0. The molecule has 0 radical (unpaired) electrons. The summed E-state index contributed by atoms with van der Waals surface area (Å²) in [6.45, 7) is 2.73. The number of aryl methyl sites for hydroxylation is 1. The van der Waals surface area contributed by atoms with Crippen molar-refractivity contribution < 1.29 is 4.79 Å². The largest absolute Gasteiger partial charge is 0.338 e. The van der Waals surface area contributed by atoms with E-state index in [2.05, 4.69) is 11.9 Å². The number of rotatable bonds is 3. The first kappa shape index (κ1) is 14.1. The van der Waals surface area contributed by atoms with Crippen LogP contribution in [0.3, 0.4) is 0 Å². The van der Waals surface area contributed by atoms with Crippen LogP contribution >= 0.6 is 0 Å². The molecule has 106 valence electrons. The maximum absolute atomic E-state index is 12.4. The van der Waals surface area contributed by atoms with Crippen LogP contribution in [0.25, 0.3) is 0 Å². The average Bonchev–Trinajstić information content (AvgIpc) is 2.77. The number of imidazole rings is 1. The van der Waals surface area contributed by atoms with Gasteiger partial charge in [-0.25, -0.2) is 4.98 Å². The van der Waals surface area contributed by atoms with Gasteiger partial charge in [-0.05, 0) is 25.2 Å². The van der Waals surface area contributed by atoms with Gasteiger partial charge in [0.25, 0.3) is 0 Å². The molecule has 0 saturated heterocycles. The molecule has 2 rings (SSSR count). The Hall–Kier alpha value is -1.36. The Morgan fingerprint density at radius 1 is 1.58 bits per heavy atom. The molecular weight excluding hydrogens is 240 g/mol. The number of carbonyl (C=O) groups excluding carboxylic acids is 1. The smallest absolute Gasteiger partial charge is 0.225 e. The van der Waals surface area contributed by atoms with E-state index < -0.39 is 0 Å². The standard InChI is InChI=1S/C14H24N4O/c1-10-4-5-11(8-12(10)15)14(19)18(3)9-13-16-6-7-17(13)2/h6-7,10-12H,4-5,8-9,15H2,1-3H3. The predicted octanol–water partition coefficient (Wildman–Crippen LogP) is 1.14. The Balaban J connectivity index is 1.94. The van der Waals surface area contributed by atoms with Gasteiger partial charge in [-0.1, -0.05) is 6.92 Å². The third kappa shape index (κ3) is 3.15. The van der Waals surface area contributed by atoms with Crippen molar-refractivity contribution in [3.05, 3.63) is 18.2 Å². The number of amides is 1. The lowest BCUT2D eigenvalue weighted by Crippen LogP contribution is -2.42. The maximum Gasteiger partial charge on any atom is 0.225 e. The SMILES string of the molecule is CC1CCC(C(=O)N(C)Cc2nccn2C)CC1N. The lowest BCUT2D eigenvalue weighted by molar-refractivity contribution is -0.136. The van der Waals surface area contributed by atoms with Crippen molar-refractivity contribution in [1.29, 1.82) is 0 Å². The molecular formula is C14H24N4O. The molecule has 3 atom stereocenters. The van der Waals surface area contributed by atoms with Crippen LogP contribution in [0.4, 0.5) is 0 Å². The van der Waals surface area contributed by atoms with Crippen molar-refractivity contribution in [2.75, 3.05) is 7.05 Å². The molecule has 1 aromatic heterocycles. The van der Waals surface area contributed by atoms with E-state index in [1.54, 1.807) is 11.1 Å². The molecule has 1 aliphatic carbocycles. The third-order valence-corrected chi connectivity index (χ3v) is 4.28. The molecule has 0 aliphatic heterocycles. The molecule has 1 heterocycles. The first-order valence-corrected chi connectivity index (χ1v) is 6.95. The molecule has 5 nitrogen and oxygen atoms in total. The molecule has 1 aliphatic rings. The molecule has 5 heteroatoms. The summed E-state index contributed by atoms with van der Waals surface area (Å²) in [6, 6.07) is 0.157. The summed E-state index contributed by atoms with van der Waals surface area (Å²) in [6.07, 6.45) is 6.47. The van der Waals surface area contributed by atoms with Gasteiger partial charge in [-0.3, -0.25) is 4.79 Å². The highest BCUT2D eigenvalue weighted by Gasteiger charge is 2.31. The van der Waals surface area contributed by atoms with E-state index in [4.69, 9.17) is 5.73 Å². The average molecular weight is 264 g/mol. The van der Waals surface area contributed by atoms with Gasteiger partial charge in [0, 0.05) is 38.4 Å². The molecule has 1 aromatic rings. The Morgan fingerprint density at radius 2 is 2.32 bits per heavy atom. The lowest BCUT2D eigenvalue weighted by atomic mass is 9.79. The van der Waals surface area contributed by atoms with Crippen LogP contribution < -0.4 is 5.73 Å². The van der Waals surface area contributed by atoms with Crippen molar-refractivity contribution in [2.24, 2.45) is 24.6 Å². The van der Waals surface area contributed by atoms with Crippen molar-refractivity contribution in [1.82, 2.24) is 14.5 Å². The number of nitrogens with zero attached hydrogens (tertiary/aromatic N) is 3. The lowest BCUT2D eigenvalue weighted by Gasteiger charge is -2.33. The third-order valence-electron chi connectivity index (χ3n) is 4.28. The van der Waals surface area contributed by atoms with E-state index in [1.165, 1.54) is 0 Å². The van der Waals surface area contributed by atoms with Crippen LogP contribution in [0, 0.1) is 11.8 Å². The van der Waals surface area contributed by atoms with Gasteiger partial charge in [-0.2, -0.15) is 0 Å². The summed E-state index contributed by atoms with van der Waals surface area (Å²) < 4.78 is 1.94. The highest BCUT2D eigenvalue weighted by Crippen LogP contribution is 2.29. The molecule has 2 N–H and O–H groups in total. The Morgan fingerprint density at radius 3 is 2.89 bits per heavy atom. The van der Waals surface area contributed by atoms with Gasteiger partial charge in [-0.15, -0.1) is 0 Å². The van der Waals surface area contributed by atoms with Crippen molar-refractivity contribution in [2.45, 2.75) is 38.8 Å². The topological polar surface area (TPSA) is 64.2 Å². The van der Waals surface area contributed by atoms with Crippen LogP contribution in [0.2, 0.25) is 0 Å². The van der Waals surface area contributed by atoms with Crippen LogP contribution in [-0.4, -0.2) is 33.4 Å². The van der Waals surface area contributed by atoms with E-state index in [9.17, 15) is 4.79 Å². The van der Waals surface area contributed by atoms with E-state index in [1.807, 2.05) is 24.9 Å². The zero-order chi connectivity index (χ0) is 14.0. The van der Waals surface area contributed by atoms with E-state index >= 15 is 0 Å². The highest BCUT2D eigenvalue weighted by molar-refractivity contribution is 5.78. The number of nitrogens with two attached hydrogens (primary N) is 1. The zero-order valence-corrected chi connectivity index (χ0v) is 12.0. The fourth-order valence-electron chi connectivity index (χ4n) is 2.73. The summed E-state index contributed by atoms with van der Waals surface area (Å²) in [7, 11) is 3.79. The van der Waals surface area contributed by atoms with E-state index in [-0.39, 0.29) is 17.9 Å². The van der Waals surface area contributed by atoms with Gasteiger partial charge in [0.15, 0.2) is 0 Å². The molecule has 3 unspecified atom stereocenters. The summed E-state index contributed by atoms with van der Waals surface area (Å²) in [4.78, 5) is 18.4. The van der Waals surface area contributed by atoms with Gasteiger partial charge < -0.3 is 15.2 Å². The Kier molecular flexibility index (Phi) is 4.24. The first-order valence-electron chi connectivity index (χ1n) is 6.95. The number of aromatic nitrogens is 2. The van der Waals surface area contributed by atoms with Gasteiger partial charge >= 0.3 is 0 Å². The fraction of sp³-hybridized carbons (Fsp3) is 0.714. The fourth-order valence-corrected chi connectivity index (χ4v) is 2.73. The van der Waals surface area contributed by atoms with Crippen LogP contribution in [-0.2, 0) is 18.4 Å². The second kappa shape index (κ2) is 5.74. The minimum absolute atomic E-state index is 0.0801. The normalized spacial score (nSPS) is 27.3. The van der Waals surface area contributed by atoms with Gasteiger partial charge in [0.05, 0.1) is 6.54 Å². The second-order valence-electron chi connectivity index (χ2n) is 5.80. The first-order chi connectivity index (χ1) is 8.99. The van der Waals surface area contributed by atoms with Crippen LogP contribution in [0.5, 0.6) is 0 Å². The van der Waals surface area contributed by atoms with Crippen LogP contribution in [0.15, 0.2) is 12.4 Å². The zero-order valence-electron chi connectivity index (χ0n) is 12.0. The molecule has 0 spiro atoms. The molecule has 1 saturated carbocycles. The molecule has 19 heavy (non-hydrogen) atoms. The summed E-state index contributed by atoms with van der Waals surface area (Å²) >= 11 is 0. The van der Waals surface area contributed by atoms with Gasteiger partial charge in [0.1, 0.15) is 5.82 Å². The monoisotopic (exact) mass is 264 g/mol. The quantitative estimate of drug-likeness (QED) is 0.890. The maximum atomic E-state index is 12.4. The predicted molar refractivity (Wildman–Crippen MR) is 74.2 cm³/mol. The number of hydrogen-bond acceptors (Lipinski definition) is 3. The van der Waals surface area contributed by atoms with E-state index in [0.29, 0.717) is 12.5 Å². The molecule has 0 aromatic carbocycles. The molecule has 1 amide bonds. The van der Waals surface area contributed by atoms with Crippen molar-refractivity contribution >= 4 is 5.91 Å². The second-order valence-corrected chi connectivity index (χ2v) is 5.80. The Bertz CT molecular complexity index is 442. The minimum atomic E-state index is 0.0801. The summed E-state index contributed by atoms with van der Waals surface area (Å²) in [5.74, 6) is 1.72. The van der Waals surface area contributed by atoms with Gasteiger partial charge in [0.2, 0.25) is 5.91 Å². The minimum Gasteiger partial charge on any atom is -0.338 e. The van der Waals surface area contributed by atoms with Crippen molar-refractivity contribution in [3.8, 4) is 0 Å². The molecule has 0 bridgehead atoms. The van der Waals surface area contributed by atoms with E-state index in [0.717, 1.165) is 25.1 Å².